The average molecular weight is 489 g/mol. The molecule has 2 heterocycles. The van der Waals surface area contributed by atoms with Crippen LogP contribution in [0.25, 0.3) is 0 Å². The molecule has 4 atom stereocenters. The van der Waals surface area contributed by atoms with Gasteiger partial charge < -0.3 is 19.5 Å². The molecule has 2 saturated carbocycles. The first-order valence-electron chi connectivity index (χ1n) is 10.7. The molecular formula is C21H32N2O7S2. The lowest BCUT2D eigenvalue weighted by Crippen LogP contribution is -2.48. The summed E-state index contributed by atoms with van der Waals surface area (Å²) >= 11 is 1.11. The number of carboxylic acid groups (broad SMARTS) is 1. The van der Waals surface area contributed by atoms with Crippen molar-refractivity contribution in [3.8, 4) is 0 Å². The molecule has 1 aromatic rings. The third-order valence-electron chi connectivity index (χ3n) is 6.58. The minimum absolute atomic E-state index is 0.0682. The van der Waals surface area contributed by atoms with Gasteiger partial charge in [-0.3, -0.25) is 4.79 Å². The number of rotatable bonds is 7. The molecule has 0 bridgehead atoms. The quantitative estimate of drug-likeness (QED) is 0.458. The molecule has 180 valence electrons. The molecule has 1 aromatic heterocycles. The maximum Gasteiger partial charge on any atom is 0.349 e. The topological polar surface area (TPSA) is 113 Å². The number of ether oxygens (including phenoxy) is 2. The lowest BCUT2D eigenvalue weighted by atomic mass is 9.77. The monoisotopic (exact) mass is 488 g/mol. The number of fused-ring (bicyclic) bond motifs is 1. The van der Waals surface area contributed by atoms with Gasteiger partial charge >= 0.3 is 5.97 Å². The van der Waals surface area contributed by atoms with Crippen molar-refractivity contribution in [1.29, 1.82) is 0 Å². The van der Waals surface area contributed by atoms with Gasteiger partial charge in [-0.25, -0.2) is 13.2 Å². The van der Waals surface area contributed by atoms with Crippen LogP contribution in [0, 0.1) is 17.8 Å². The van der Waals surface area contributed by atoms with E-state index in [1.165, 1.54) is 26.0 Å². The molecule has 0 unspecified atom stereocenters. The van der Waals surface area contributed by atoms with Gasteiger partial charge in [0.25, 0.3) is 6.47 Å². The Kier molecular flexibility index (Phi) is 8.31. The Morgan fingerprint density at radius 2 is 1.91 bits per heavy atom. The average Bonchev–Trinajstić information content (AvgIpc) is 3.26. The number of hydrogen-bond donors (Lipinski definition) is 1. The molecule has 0 amide bonds. The number of hydrogen-bond acceptors (Lipinski definition) is 8. The summed E-state index contributed by atoms with van der Waals surface area (Å²) in [5.74, 6) is 0.728. The van der Waals surface area contributed by atoms with E-state index >= 15 is 0 Å². The fraction of sp³-hybridized carbons (Fsp3) is 0.714. The van der Waals surface area contributed by atoms with Gasteiger partial charge in [-0.2, -0.15) is 4.31 Å². The molecule has 4 rings (SSSR count). The van der Waals surface area contributed by atoms with E-state index in [9.17, 15) is 13.2 Å². The van der Waals surface area contributed by atoms with Crippen molar-refractivity contribution in [3.63, 3.8) is 0 Å². The molecule has 0 spiro atoms. The summed E-state index contributed by atoms with van der Waals surface area (Å²) in [7, 11) is 1.71. The second-order valence-corrected chi connectivity index (χ2v) is 11.7. The maximum absolute atomic E-state index is 13.3. The van der Waals surface area contributed by atoms with Gasteiger partial charge in [0, 0.05) is 25.7 Å². The summed E-state index contributed by atoms with van der Waals surface area (Å²) < 4.78 is 39.2. The molecule has 32 heavy (non-hydrogen) atoms. The van der Waals surface area contributed by atoms with Gasteiger partial charge in [-0.1, -0.05) is 0 Å². The summed E-state index contributed by atoms with van der Waals surface area (Å²) in [5.41, 5.74) is 0. The predicted molar refractivity (Wildman–Crippen MR) is 119 cm³/mol. The molecule has 1 saturated heterocycles. The number of thiophene rings is 1. The molecule has 9 nitrogen and oxygen atoms in total. The Balaban J connectivity index is 0.000000913. The zero-order valence-corrected chi connectivity index (χ0v) is 20.3. The molecule has 1 N–H and O–H groups in total. The summed E-state index contributed by atoms with van der Waals surface area (Å²) in [5, 5.41) is 8.52. The van der Waals surface area contributed by atoms with Crippen LogP contribution in [0.1, 0.15) is 35.4 Å². The predicted octanol–water partition coefficient (Wildman–Crippen LogP) is 1.99. The van der Waals surface area contributed by atoms with Crippen LogP contribution in [0.15, 0.2) is 16.3 Å². The van der Waals surface area contributed by atoms with Crippen LogP contribution in [0.3, 0.4) is 0 Å². The number of esters is 1. The summed E-state index contributed by atoms with van der Waals surface area (Å²) in [6, 6.07) is 1.82. The lowest BCUT2D eigenvalue weighted by Gasteiger charge is -2.41. The van der Waals surface area contributed by atoms with Crippen molar-refractivity contribution in [2.75, 3.05) is 40.9 Å². The first kappa shape index (κ1) is 25.1. The van der Waals surface area contributed by atoms with Gasteiger partial charge in [0.2, 0.25) is 10.0 Å². The van der Waals surface area contributed by atoms with E-state index < -0.39 is 16.0 Å². The van der Waals surface area contributed by atoms with E-state index in [2.05, 4.69) is 19.0 Å². The Morgan fingerprint density at radius 1 is 1.28 bits per heavy atom. The number of carbonyl (C=O) groups excluding carboxylic acids is 1. The Morgan fingerprint density at radius 3 is 2.47 bits per heavy atom. The molecule has 0 radical (unpaired) electrons. The van der Waals surface area contributed by atoms with Crippen LogP contribution in [0.5, 0.6) is 0 Å². The fourth-order valence-electron chi connectivity index (χ4n) is 4.69. The van der Waals surface area contributed by atoms with Crippen LogP contribution in [0.4, 0.5) is 0 Å². The standard InChI is InChI=1S/C20H30N2O5S2.CH2O2/c1-21(2)16-8-14-10-22(11-15(14)9-17(16)27-12-13-4-5-13)29(24,25)18-6-7-28-19(18)20(23)26-3;2-1-3/h6-7,13-17H,4-5,8-12H2,1-3H3;1H,(H,2,3)/t14-,15+,16-,17-;/m1./s1. The molecule has 1 aliphatic heterocycles. The third kappa shape index (κ3) is 5.51. The minimum atomic E-state index is -3.72. The van der Waals surface area contributed by atoms with Crippen molar-refractivity contribution in [2.24, 2.45) is 17.8 Å². The zero-order chi connectivity index (χ0) is 23.5. The first-order chi connectivity index (χ1) is 15.2. The smallest absolute Gasteiger partial charge is 0.349 e. The molecule has 0 aromatic carbocycles. The second kappa shape index (κ2) is 10.6. The molecule has 3 fully saturated rings. The van der Waals surface area contributed by atoms with Gasteiger partial charge in [-0.15, -0.1) is 11.3 Å². The molecule has 2 aliphatic carbocycles. The van der Waals surface area contributed by atoms with Crippen LogP contribution < -0.4 is 0 Å². The molecular weight excluding hydrogens is 456 g/mol. The number of methoxy groups -OCH3 is 1. The van der Waals surface area contributed by atoms with Crippen molar-refractivity contribution in [2.45, 2.75) is 42.7 Å². The lowest BCUT2D eigenvalue weighted by molar-refractivity contribution is -0.122. The third-order valence-corrected chi connectivity index (χ3v) is 9.47. The highest BCUT2D eigenvalue weighted by molar-refractivity contribution is 7.89. The summed E-state index contributed by atoms with van der Waals surface area (Å²) in [6.07, 6.45) is 4.51. The van der Waals surface area contributed by atoms with Gasteiger partial charge in [0.05, 0.1) is 13.2 Å². The first-order valence-corrected chi connectivity index (χ1v) is 13.1. The van der Waals surface area contributed by atoms with Crippen molar-refractivity contribution < 1.29 is 32.6 Å². The number of sulfonamides is 1. The van der Waals surface area contributed by atoms with Crippen LogP contribution >= 0.6 is 11.3 Å². The maximum atomic E-state index is 13.3. The highest BCUT2D eigenvalue weighted by Gasteiger charge is 2.47. The Labute approximate surface area is 193 Å². The van der Waals surface area contributed by atoms with Gasteiger partial charge in [0.1, 0.15) is 9.77 Å². The van der Waals surface area contributed by atoms with Crippen LogP contribution in [-0.4, -0.2) is 88.2 Å². The van der Waals surface area contributed by atoms with Gasteiger partial charge in [0.15, 0.2) is 0 Å². The summed E-state index contributed by atoms with van der Waals surface area (Å²) in [6.45, 7) is 1.57. The van der Waals surface area contributed by atoms with Crippen LogP contribution in [0.2, 0.25) is 0 Å². The van der Waals surface area contributed by atoms with Gasteiger partial charge in [-0.05, 0) is 69.0 Å². The van der Waals surface area contributed by atoms with E-state index in [-0.39, 0.29) is 22.3 Å². The SMILES string of the molecule is COC(=O)c1sccc1S(=O)(=O)N1C[C@H]2C[C@@H](N(C)C)[C@H](OCC3CC3)C[C@H]2C1.O=CO. The molecule has 3 aliphatic rings. The van der Waals surface area contributed by atoms with Crippen LogP contribution in [-0.2, 0) is 24.3 Å². The second-order valence-electron chi connectivity index (χ2n) is 8.87. The number of carbonyl (C=O) groups is 2. The van der Waals surface area contributed by atoms with Crippen molar-refractivity contribution in [1.82, 2.24) is 9.21 Å². The van der Waals surface area contributed by atoms with E-state index in [1.54, 1.807) is 9.69 Å². The highest BCUT2D eigenvalue weighted by atomic mass is 32.2. The van der Waals surface area contributed by atoms with Crippen molar-refractivity contribution in [3.05, 3.63) is 16.3 Å². The van der Waals surface area contributed by atoms with E-state index in [4.69, 9.17) is 19.4 Å². The Bertz CT molecular complexity index is 898. The summed E-state index contributed by atoms with van der Waals surface area (Å²) in [4.78, 5) is 22.8. The van der Waals surface area contributed by atoms with E-state index in [0.717, 1.165) is 30.8 Å². The largest absolute Gasteiger partial charge is 0.483 e. The molecule has 11 heteroatoms. The van der Waals surface area contributed by atoms with E-state index in [1.807, 2.05) is 0 Å². The Hall–Kier alpha value is -1.53. The highest BCUT2D eigenvalue weighted by Crippen LogP contribution is 2.42. The fourth-order valence-corrected chi connectivity index (χ4v) is 7.55. The van der Waals surface area contributed by atoms with Crippen molar-refractivity contribution >= 4 is 33.8 Å². The normalized spacial score (nSPS) is 28.0. The number of likely N-dealkylation sites (N-methyl/N-ethyl adjacent to an activating group) is 1. The van der Waals surface area contributed by atoms with E-state index in [0.29, 0.717) is 36.9 Å². The minimum Gasteiger partial charge on any atom is -0.483 e. The zero-order valence-electron chi connectivity index (χ0n) is 18.7. The number of nitrogens with zero attached hydrogens (tertiary/aromatic N) is 2.